The van der Waals surface area contributed by atoms with Gasteiger partial charge in [0.2, 0.25) is 0 Å². The summed E-state index contributed by atoms with van der Waals surface area (Å²) >= 11 is 1.64. The van der Waals surface area contributed by atoms with Crippen LogP contribution in [-0.2, 0) is 0 Å². The topological polar surface area (TPSA) is 46.2 Å². The maximum atomic E-state index is 9.70. The van der Waals surface area contributed by atoms with Crippen LogP contribution >= 0.6 is 23.7 Å². The van der Waals surface area contributed by atoms with E-state index in [4.69, 9.17) is 5.73 Å². The molecule has 2 rings (SSSR count). The van der Waals surface area contributed by atoms with Crippen LogP contribution in [0, 0.1) is 13.8 Å². The van der Waals surface area contributed by atoms with Crippen molar-refractivity contribution in [3.63, 3.8) is 0 Å². The highest BCUT2D eigenvalue weighted by Crippen LogP contribution is 2.28. The molecule has 2 aromatic rings. The lowest BCUT2D eigenvalue weighted by Crippen LogP contribution is -2.11. The fourth-order valence-electron chi connectivity index (χ4n) is 1.81. The number of benzene rings is 1. The summed E-state index contributed by atoms with van der Waals surface area (Å²) in [6, 6.07) is 5.83. The number of phenols is 1. The first kappa shape index (κ1) is 14.0. The number of aryl methyl sites for hydroxylation is 2. The maximum Gasteiger partial charge on any atom is 0.121 e. The minimum absolute atomic E-state index is 0. The molecule has 1 aromatic heterocycles. The van der Waals surface area contributed by atoms with Crippen LogP contribution < -0.4 is 5.73 Å². The zero-order valence-electron chi connectivity index (χ0n) is 9.81. The highest BCUT2D eigenvalue weighted by Gasteiger charge is 2.12. The molecule has 0 radical (unpaired) electrons. The Hall–Kier alpha value is -1.03. The van der Waals surface area contributed by atoms with Crippen LogP contribution in [0.2, 0.25) is 0 Å². The molecule has 0 saturated heterocycles. The molecule has 0 unspecified atom stereocenters. The third-order valence-electron chi connectivity index (χ3n) is 2.77. The molecule has 0 saturated carbocycles. The zero-order chi connectivity index (χ0) is 11.7. The minimum atomic E-state index is -0.107. The van der Waals surface area contributed by atoms with Crippen LogP contribution in [0.5, 0.6) is 5.75 Å². The van der Waals surface area contributed by atoms with Crippen molar-refractivity contribution in [1.82, 2.24) is 0 Å². The van der Waals surface area contributed by atoms with Gasteiger partial charge in [-0.2, -0.15) is 11.3 Å². The molecular formula is C13H16ClNOS. The van der Waals surface area contributed by atoms with E-state index in [2.05, 4.69) is 5.38 Å². The Bertz CT molecular complexity index is 473. The minimum Gasteiger partial charge on any atom is -0.507 e. The van der Waals surface area contributed by atoms with Gasteiger partial charge in [-0.05, 0) is 52.9 Å². The maximum absolute atomic E-state index is 9.70. The normalized spacial score (nSPS) is 11.9. The highest BCUT2D eigenvalue weighted by molar-refractivity contribution is 7.08. The number of phenolic OH excluding ortho intramolecular Hbond substituents is 1. The molecule has 17 heavy (non-hydrogen) atoms. The molecule has 1 atom stereocenters. The third kappa shape index (κ3) is 2.80. The summed E-state index contributed by atoms with van der Waals surface area (Å²) in [4.78, 5) is 0. The van der Waals surface area contributed by atoms with Crippen molar-refractivity contribution in [2.45, 2.75) is 19.9 Å². The van der Waals surface area contributed by atoms with E-state index in [9.17, 15) is 5.11 Å². The molecule has 4 heteroatoms. The average molecular weight is 270 g/mol. The molecule has 3 N–H and O–H groups in total. The number of rotatable bonds is 2. The Morgan fingerprint density at radius 3 is 2.24 bits per heavy atom. The van der Waals surface area contributed by atoms with E-state index in [0.717, 1.165) is 22.3 Å². The lowest BCUT2D eigenvalue weighted by molar-refractivity contribution is 0.466. The van der Waals surface area contributed by atoms with E-state index < -0.39 is 0 Å². The van der Waals surface area contributed by atoms with Gasteiger partial charge in [0, 0.05) is 0 Å². The first-order valence-corrected chi connectivity index (χ1v) is 6.11. The molecule has 1 aromatic carbocycles. The second-order valence-corrected chi connectivity index (χ2v) is 4.82. The van der Waals surface area contributed by atoms with Gasteiger partial charge in [-0.1, -0.05) is 12.1 Å². The highest BCUT2D eigenvalue weighted by atomic mass is 35.5. The number of halogens is 1. The molecule has 92 valence electrons. The second-order valence-electron chi connectivity index (χ2n) is 4.04. The van der Waals surface area contributed by atoms with Crippen molar-refractivity contribution in [2.75, 3.05) is 0 Å². The van der Waals surface area contributed by atoms with Gasteiger partial charge in [-0.3, -0.25) is 0 Å². The van der Waals surface area contributed by atoms with Gasteiger partial charge < -0.3 is 10.8 Å². The SMILES string of the molecule is Cc1cc([C@H](N)c2ccsc2)cc(C)c1O.Cl. The summed E-state index contributed by atoms with van der Waals surface area (Å²) in [6.07, 6.45) is 0. The molecule has 0 fully saturated rings. The van der Waals surface area contributed by atoms with E-state index in [1.807, 2.05) is 37.4 Å². The van der Waals surface area contributed by atoms with Crippen LogP contribution in [0.15, 0.2) is 29.0 Å². The summed E-state index contributed by atoms with van der Waals surface area (Å²) in [7, 11) is 0. The van der Waals surface area contributed by atoms with Gasteiger partial charge in [0.05, 0.1) is 6.04 Å². The Morgan fingerprint density at radius 1 is 1.18 bits per heavy atom. The molecule has 0 amide bonds. The van der Waals surface area contributed by atoms with Gasteiger partial charge in [0.1, 0.15) is 5.75 Å². The number of aromatic hydroxyl groups is 1. The summed E-state index contributed by atoms with van der Waals surface area (Å²) in [5.74, 6) is 0.362. The Morgan fingerprint density at radius 2 is 1.76 bits per heavy atom. The molecular weight excluding hydrogens is 254 g/mol. The number of thiophene rings is 1. The van der Waals surface area contributed by atoms with Gasteiger partial charge in [0.15, 0.2) is 0 Å². The van der Waals surface area contributed by atoms with Crippen molar-refractivity contribution in [1.29, 1.82) is 0 Å². The molecule has 0 aliphatic carbocycles. The number of hydrogen-bond acceptors (Lipinski definition) is 3. The van der Waals surface area contributed by atoms with Gasteiger partial charge >= 0.3 is 0 Å². The molecule has 0 aliphatic heterocycles. The largest absolute Gasteiger partial charge is 0.507 e. The third-order valence-corrected chi connectivity index (χ3v) is 3.48. The predicted molar refractivity (Wildman–Crippen MR) is 75.2 cm³/mol. The van der Waals surface area contributed by atoms with Crippen LogP contribution in [0.4, 0.5) is 0 Å². The summed E-state index contributed by atoms with van der Waals surface area (Å²) < 4.78 is 0. The van der Waals surface area contributed by atoms with E-state index in [0.29, 0.717) is 5.75 Å². The summed E-state index contributed by atoms with van der Waals surface area (Å²) in [5.41, 5.74) is 10.1. The van der Waals surface area contributed by atoms with Gasteiger partial charge in [-0.15, -0.1) is 12.4 Å². The van der Waals surface area contributed by atoms with Crippen molar-refractivity contribution < 1.29 is 5.11 Å². The summed E-state index contributed by atoms with van der Waals surface area (Å²) in [5, 5.41) is 13.8. The molecule has 1 heterocycles. The number of nitrogens with two attached hydrogens (primary N) is 1. The standard InChI is InChI=1S/C13H15NOS.ClH/c1-8-5-11(6-9(2)13(8)15)12(14)10-3-4-16-7-10;/h3-7,12,15H,14H2,1-2H3;1H/t12-;/m1./s1. The zero-order valence-corrected chi connectivity index (χ0v) is 11.4. The van der Waals surface area contributed by atoms with Crippen LogP contribution in [0.25, 0.3) is 0 Å². The Balaban J connectivity index is 0.00000144. The van der Waals surface area contributed by atoms with Crippen molar-refractivity contribution in [3.8, 4) is 5.75 Å². The number of hydrogen-bond donors (Lipinski definition) is 2. The smallest absolute Gasteiger partial charge is 0.121 e. The van der Waals surface area contributed by atoms with Gasteiger partial charge in [0.25, 0.3) is 0 Å². The van der Waals surface area contributed by atoms with E-state index in [-0.39, 0.29) is 18.4 Å². The van der Waals surface area contributed by atoms with Crippen molar-refractivity contribution in [3.05, 3.63) is 51.2 Å². The molecule has 0 spiro atoms. The van der Waals surface area contributed by atoms with E-state index >= 15 is 0 Å². The first-order valence-electron chi connectivity index (χ1n) is 5.17. The Kier molecular flexibility index (Phi) is 4.57. The van der Waals surface area contributed by atoms with E-state index in [1.165, 1.54) is 0 Å². The van der Waals surface area contributed by atoms with Crippen LogP contribution in [-0.4, -0.2) is 5.11 Å². The molecule has 2 nitrogen and oxygen atoms in total. The van der Waals surface area contributed by atoms with Crippen LogP contribution in [0.3, 0.4) is 0 Å². The quantitative estimate of drug-likeness (QED) is 0.876. The average Bonchev–Trinajstić information content (AvgIpc) is 2.77. The Labute approximate surface area is 112 Å². The predicted octanol–water partition coefficient (Wildman–Crippen LogP) is 3.54. The summed E-state index contributed by atoms with van der Waals surface area (Å²) in [6.45, 7) is 3.79. The van der Waals surface area contributed by atoms with E-state index in [1.54, 1.807) is 11.3 Å². The lowest BCUT2D eigenvalue weighted by atomic mass is 9.97. The first-order chi connectivity index (χ1) is 7.59. The lowest BCUT2D eigenvalue weighted by Gasteiger charge is -2.13. The van der Waals surface area contributed by atoms with Gasteiger partial charge in [-0.25, -0.2) is 0 Å². The van der Waals surface area contributed by atoms with Crippen LogP contribution in [0.1, 0.15) is 28.3 Å². The second kappa shape index (κ2) is 5.54. The van der Waals surface area contributed by atoms with Crippen molar-refractivity contribution in [2.24, 2.45) is 5.73 Å². The fraction of sp³-hybridized carbons (Fsp3) is 0.231. The fourth-order valence-corrected chi connectivity index (χ4v) is 2.51. The monoisotopic (exact) mass is 269 g/mol. The molecule has 0 bridgehead atoms. The van der Waals surface area contributed by atoms with Crippen molar-refractivity contribution >= 4 is 23.7 Å². The molecule has 0 aliphatic rings.